The van der Waals surface area contributed by atoms with E-state index in [1.165, 1.54) is 50.3 Å². The summed E-state index contributed by atoms with van der Waals surface area (Å²) in [7, 11) is 0. The van der Waals surface area contributed by atoms with Gasteiger partial charge in [0.05, 0.1) is 17.1 Å². The number of aromatic nitrogens is 1. The fourth-order valence-corrected chi connectivity index (χ4v) is 6.24. The zero-order valence-electron chi connectivity index (χ0n) is 23.1. The number of hydrogen-bond donors (Lipinski definition) is 0. The summed E-state index contributed by atoms with van der Waals surface area (Å²) in [6, 6.07) is 58.8. The van der Waals surface area contributed by atoms with Gasteiger partial charge in [-0.05, 0) is 70.3 Å². The van der Waals surface area contributed by atoms with Crippen molar-refractivity contribution >= 4 is 17.1 Å². The molecule has 1 aromatic heterocycles. The zero-order valence-corrected chi connectivity index (χ0v) is 23.1. The first kappa shape index (κ1) is 24.2. The van der Waals surface area contributed by atoms with E-state index in [9.17, 15) is 0 Å². The Hall–Kier alpha value is -5.60. The summed E-state index contributed by atoms with van der Waals surface area (Å²) in [6.07, 6.45) is 2.21. The highest BCUT2D eigenvalue weighted by Gasteiger charge is 2.29. The normalized spacial score (nSPS) is 11.8. The molecule has 2 heterocycles. The first-order valence-corrected chi connectivity index (χ1v) is 14.4. The summed E-state index contributed by atoms with van der Waals surface area (Å²) in [4.78, 5) is 2.45. The number of anilines is 3. The van der Waals surface area contributed by atoms with Crippen LogP contribution in [0.25, 0.3) is 50.3 Å². The molecular weight excluding hydrogens is 508 g/mol. The molecular formula is C40H28N2. The largest absolute Gasteiger partial charge is 0.315 e. The Kier molecular flexibility index (Phi) is 5.82. The smallest absolute Gasteiger partial charge is 0.0777 e. The monoisotopic (exact) mass is 536 g/mol. The molecule has 8 rings (SSSR count). The van der Waals surface area contributed by atoms with Gasteiger partial charge in [0.25, 0.3) is 0 Å². The van der Waals surface area contributed by atoms with Crippen molar-refractivity contribution in [2.45, 2.75) is 0 Å². The van der Waals surface area contributed by atoms with Crippen LogP contribution in [0, 0.1) is 0 Å². The molecule has 0 saturated heterocycles. The van der Waals surface area contributed by atoms with Gasteiger partial charge in [0.1, 0.15) is 0 Å². The summed E-state index contributed by atoms with van der Waals surface area (Å²) in [5.41, 5.74) is 14.2. The van der Waals surface area contributed by atoms with Crippen molar-refractivity contribution in [3.8, 4) is 50.3 Å². The zero-order chi connectivity index (χ0) is 27.9. The van der Waals surface area contributed by atoms with Gasteiger partial charge in [0.15, 0.2) is 0 Å². The van der Waals surface area contributed by atoms with Crippen LogP contribution < -0.4 is 4.90 Å². The van der Waals surface area contributed by atoms with Crippen molar-refractivity contribution in [3.63, 3.8) is 0 Å². The second-order valence-electron chi connectivity index (χ2n) is 10.7. The molecule has 2 heteroatoms. The molecule has 0 saturated carbocycles. The van der Waals surface area contributed by atoms with Gasteiger partial charge in [-0.15, -0.1) is 0 Å². The minimum Gasteiger partial charge on any atom is -0.315 e. The van der Waals surface area contributed by atoms with E-state index >= 15 is 0 Å². The average molecular weight is 537 g/mol. The Labute approximate surface area is 246 Å². The molecule has 198 valence electrons. The average Bonchev–Trinajstić information content (AvgIpc) is 3.46. The maximum atomic E-state index is 2.45. The van der Waals surface area contributed by atoms with Crippen LogP contribution in [0.15, 0.2) is 170 Å². The lowest BCUT2D eigenvalue weighted by molar-refractivity contribution is 1.09. The molecule has 0 radical (unpaired) electrons. The fourth-order valence-electron chi connectivity index (χ4n) is 6.24. The Balaban J connectivity index is 1.45. The summed E-state index contributed by atoms with van der Waals surface area (Å²) < 4.78 is 2.33. The van der Waals surface area contributed by atoms with E-state index < -0.39 is 0 Å². The topological polar surface area (TPSA) is 8.17 Å². The van der Waals surface area contributed by atoms with E-state index in [-0.39, 0.29) is 0 Å². The van der Waals surface area contributed by atoms with Gasteiger partial charge in [-0.3, -0.25) is 0 Å². The van der Waals surface area contributed by atoms with E-state index in [1.807, 2.05) is 0 Å². The van der Waals surface area contributed by atoms with E-state index in [0.29, 0.717) is 0 Å². The van der Waals surface area contributed by atoms with Gasteiger partial charge >= 0.3 is 0 Å². The molecule has 1 aliphatic rings. The first-order chi connectivity index (χ1) is 20.8. The van der Waals surface area contributed by atoms with E-state index in [0.717, 1.165) is 17.1 Å². The van der Waals surface area contributed by atoms with Gasteiger partial charge in [0.2, 0.25) is 0 Å². The fraction of sp³-hybridized carbons (Fsp3) is 0. The van der Waals surface area contributed by atoms with Crippen LogP contribution in [0.3, 0.4) is 0 Å². The predicted molar refractivity (Wildman–Crippen MR) is 176 cm³/mol. The highest BCUT2D eigenvalue weighted by atomic mass is 15.2. The number of para-hydroxylation sites is 2. The molecule has 0 amide bonds. The Morgan fingerprint density at radius 1 is 0.333 bits per heavy atom. The summed E-state index contributed by atoms with van der Waals surface area (Å²) in [6.45, 7) is 0. The van der Waals surface area contributed by atoms with Crippen LogP contribution in [-0.2, 0) is 0 Å². The molecule has 2 nitrogen and oxygen atoms in total. The molecule has 6 aromatic carbocycles. The third kappa shape index (κ3) is 4.05. The standard InChI is InChI=1S/C40H28N2/c1-4-14-29(15-5-1)31-26-32(30-16-6-2-7-17-30)28-34(27-31)42-38-23-13-12-21-36(38)35-20-10-11-22-37(35)40-39(42)24-25-41(40)33-18-8-3-9-19-33/h1-28H. The second-order valence-corrected chi connectivity index (χ2v) is 10.7. The van der Waals surface area contributed by atoms with Crippen molar-refractivity contribution in [2.75, 3.05) is 4.90 Å². The third-order valence-electron chi connectivity index (χ3n) is 8.15. The van der Waals surface area contributed by atoms with Crippen molar-refractivity contribution in [1.82, 2.24) is 4.57 Å². The van der Waals surface area contributed by atoms with E-state index in [4.69, 9.17) is 0 Å². The Morgan fingerprint density at radius 3 is 1.50 bits per heavy atom. The number of fused-ring (bicyclic) bond motifs is 5. The highest BCUT2D eigenvalue weighted by molar-refractivity contribution is 6.02. The lowest BCUT2D eigenvalue weighted by Gasteiger charge is -2.27. The first-order valence-electron chi connectivity index (χ1n) is 14.4. The second kappa shape index (κ2) is 10.1. The summed E-state index contributed by atoms with van der Waals surface area (Å²) >= 11 is 0. The lowest BCUT2D eigenvalue weighted by Crippen LogP contribution is -2.11. The molecule has 7 aromatic rings. The van der Waals surface area contributed by atoms with Crippen LogP contribution in [0.5, 0.6) is 0 Å². The van der Waals surface area contributed by atoms with Gasteiger partial charge < -0.3 is 9.47 Å². The lowest BCUT2D eigenvalue weighted by atomic mass is 9.96. The molecule has 1 aliphatic heterocycles. The number of nitrogens with zero attached hydrogens (tertiary/aromatic N) is 2. The Morgan fingerprint density at radius 2 is 0.857 bits per heavy atom. The van der Waals surface area contributed by atoms with Crippen LogP contribution in [0.4, 0.5) is 17.1 Å². The SMILES string of the molecule is c1ccc(-c2cc(-c3ccccc3)cc(N3c4ccccc4-c4ccccc4-c4c3ccn4-c3ccccc3)c2)cc1. The van der Waals surface area contributed by atoms with Crippen molar-refractivity contribution in [1.29, 1.82) is 0 Å². The van der Waals surface area contributed by atoms with Gasteiger partial charge in [-0.25, -0.2) is 0 Å². The molecule has 0 unspecified atom stereocenters. The molecule has 42 heavy (non-hydrogen) atoms. The van der Waals surface area contributed by atoms with Gasteiger partial charge in [0, 0.05) is 28.7 Å². The third-order valence-corrected chi connectivity index (χ3v) is 8.15. The quantitative estimate of drug-likeness (QED) is 0.217. The minimum absolute atomic E-state index is 1.13. The maximum Gasteiger partial charge on any atom is 0.0777 e. The molecule has 0 bridgehead atoms. The maximum absolute atomic E-state index is 2.45. The van der Waals surface area contributed by atoms with Crippen molar-refractivity contribution in [3.05, 3.63) is 170 Å². The molecule has 0 spiro atoms. The number of benzene rings is 6. The molecule has 0 atom stereocenters. The van der Waals surface area contributed by atoms with Crippen LogP contribution >= 0.6 is 0 Å². The van der Waals surface area contributed by atoms with E-state index in [1.54, 1.807) is 0 Å². The Bertz CT molecular complexity index is 1960. The number of hydrogen-bond acceptors (Lipinski definition) is 1. The predicted octanol–water partition coefficient (Wildman–Crippen LogP) is 10.9. The summed E-state index contributed by atoms with van der Waals surface area (Å²) in [5.74, 6) is 0. The minimum atomic E-state index is 1.13. The van der Waals surface area contributed by atoms with Gasteiger partial charge in [-0.1, -0.05) is 121 Å². The van der Waals surface area contributed by atoms with Gasteiger partial charge in [-0.2, -0.15) is 0 Å². The van der Waals surface area contributed by atoms with Crippen LogP contribution in [0.2, 0.25) is 0 Å². The van der Waals surface area contributed by atoms with Crippen LogP contribution in [-0.4, -0.2) is 4.57 Å². The van der Waals surface area contributed by atoms with Crippen molar-refractivity contribution < 1.29 is 0 Å². The van der Waals surface area contributed by atoms with Crippen LogP contribution in [0.1, 0.15) is 0 Å². The van der Waals surface area contributed by atoms with Crippen molar-refractivity contribution in [2.24, 2.45) is 0 Å². The molecule has 0 aliphatic carbocycles. The highest BCUT2D eigenvalue weighted by Crippen LogP contribution is 2.52. The van der Waals surface area contributed by atoms with E-state index in [2.05, 4.69) is 179 Å². The summed E-state index contributed by atoms with van der Waals surface area (Å²) in [5, 5.41) is 0. The molecule has 0 N–H and O–H groups in total. The molecule has 0 fully saturated rings. The number of rotatable bonds is 4.